The highest BCUT2D eigenvalue weighted by atomic mass is 79.9. The number of hydrogen-bond donors (Lipinski definition) is 0. The average Bonchev–Trinajstić information content (AvgIpc) is 3.00. The van der Waals surface area contributed by atoms with Gasteiger partial charge in [0.2, 0.25) is 0 Å². The molecule has 0 saturated heterocycles. The van der Waals surface area contributed by atoms with Crippen molar-refractivity contribution in [1.82, 2.24) is 4.98 Å². The first kappa shape index (κ1) is 11.1. The van der Waals surface area contributed by atoms with E-state index >= 15 is 0 Å². The molecule has 1 nitrogen and oxygen atoms in total. The van der Waals surface area contributed by atoms with Gasteiger partial charge < -0.3 is 0 Å². The van der Waals surface area contributed by atoms with Crippen LogP contribution in [0.4, 0.5) is 0 Å². The zero-order valence-corrected chi connectivity index (χ0v) is 12.0. The molecule has 17 heavy (non-hydrogen) atoms. The second-order valence-electron chi connectivity index (χ2n) is 3.52. The number of hydrogen-bond acceptors (Lipinski definition) is 3. The van der Waals surface area contributed by atoms with Crippen LogP contribution < -0.4 is 0 Å². The molecular weight excluding hydrogens is 314 g/mol. The number of nitrogens with zero attached hydrogens (tertiary/aromatic N) is 1. The number of rotatable bonds is 2. The molecule has 0 aliphatic rings. The highest BCUT2D eigenvalue weighted by Crippen LogP contribution is 2.31. The topological polar surface area (TPSA) is 12.9 Å². The maximum atomic E-state index is 4.67. The molecule has 2 aromatic heterocycles. The lowest BCUT2D eigenvalue weighted by Crippen LogP contribution is -1.77. The monoisotopic (exact) mass is 321 g/mol. The molecule has 0 aliphatic heterocycles. The summed E-state index contributed by atoms with van der Waals surface area (Å²) < 4.78 is 1.09. The van der Waals surface area contributed by atoms with Gasteiger partial charge in [-0.3, -0.25) is 0 Å². The Labute approximate surface area is 116 Å². The third kappa shape index (κ3) is 2.34. The molecule has 0 fully saturated rings. The summed E-state index contributed by atoms with van der Waals surface area (Å²) in [6.45, 7) is 0. The summed E-state index contributed by atoms with van der Waals surface area (Å²) in [5.41, 5.74) is 2.21. The summed E-state index contributed by atoms with van der Waals surface area (Å²) in [6, 6.07) is 12.4. The molecule has 0 radical (unpaired) electrons. The quantitative estimate of drug-likeness (QED) is 0.624. The van der Waals surface area contributed by atoms with Crippen molar-refractivity contribution in [2.24, 2.45) is 0 Å². The molecule has 3 rings (SSSR count). The maximum absolute atomic E-state index is 4.67. The molecule has 84 valence electrons. The van der Waals surface area contributed by atoms with Crippen LogP contribution in [0.5, 0.6) is 0 Å². The maximum Gasteiger partial charge on any atom is 0.134 e. The van der Waals surface area contributed by atoms with Crippen LogP contribution in [-0.4, -0.2) is 4.98 Å². The third-order valence-electron chi connectivity index (χ3n) is 2.38. The van der Waals surface area contributed by atoms with Crippen molar-refractivity contribution in [3.8, 4) is 21.1 Å². The Morgan fingerprint density at radius 3 is 2.53 bits per heavy atom. The predicted octanol–water partition coefficient (Wildman–Crippen LogP) is 5.30. The van der Waals surface area contributed by atoms with Gasteiger partial charge >= 0.3 is 0 Å². The molecule has 0 bridgehead atoms. The number of halogens is 1. The van der Waals surface area contributed by atoms with Crippen LogP contribution in [0.1, 0.15) is 0 Å². The highest BCUT2D eigenvalue weighted by molar-refractivity contribution is 9.10. The fourth-order valence-corrected chi connectivity index (χ4v) is 3.45. The van der Waals surface area contributed by atoms with Crippen LogP contribution in [0.25, 0.3) is 21.1 Å². The lowest BCUT2D eigenvalue weighted by Gasteiger charge is -1.96. The molecule has 4 heteroatoms. The molecule has 0 spiro atoms. The van der Waals surface area contributed by atoms with Crippen molar-refractivity contribution < 1.29 is 0 Å². The first-order valence-electron chi connectivity index (χ1n) is 5.08. The van der Waals surface area contributed by atoms with Crippen molar-refractivity contribution in [2.45, 2.75) is 0 Å². The van der Waals surface area contributed by atoms with Gasteiger partial charge in [0.1, 0.15) is 5.01 Å². The Morgan fingerprint density at radius 1 is 1.00 bits per heavy atom. The Hall–Kier alpha value is -0.970. The van der Waals surface area contributed by atoms with Gasteiger partial charge in [0.25, 0.3) is 0 Å². The summed E-state index contributed by atoms with van der Waals surface area (Å²) in [5.74, 6) is 0. The van der Waals surface area contributed by atoms with Crippen molar-refractivity contribution in [3.05, 3.63) is 51.6 Å². The number of thiazole rings is 1. The summed E-state index contributed by atoms with van der Waals surface area (Å²) in [4.78, 5) is 5.90. The minimum absolute atomic E-state index is 1.05. The van der Waals surface area contributed by atoms with Crippen molar-refractivity contribution in [2.75, 3.05) is 0 Å². The molecule has 0 N–H and O–H groups in total. The van der Waals surface area contributed by atoms with E-state index in [2.05, 4.69) is 55.9 Å². The number of aromatic nitrogens is 1. The normalized spacial score (nSPS) is 10.6. The van der Waals surface area contributed by atoms with Crippen LogP contribution in [0.15, 0.2) is 51.6 Å². The molecular formula is C13H8BrNS2. The molecule has 0 aliphatic carbocycles. The van der Waals surface area contributed by atoms with E-state index in [1.807, 2.05) is 12.1 Å². The second-order valence-corrected chi connectivity index (χ2v) is 6.24. The van der Waals surface area contributed by atoms with E-state index in [1.165, 1.54) is 4.88 Å². The van der Waals surface area contributed by atoms with Crippen LogP contribution in [0, 0.1) is 0 Å². The smallest absolute Gasteiger partial charge is 0.134 e. The molecule has 0 atom stereocenters. The minimum Gasteiger partial charge on any atom is -0.235 e. The SMILES string of the molecule is Brc1ccc(-c2csc(-c3cccs3)n2)cc1. The second kappa shape index (κ2) is 4.72. The van der Waals surface area contributed by atoms with Crippen LogP contribution >= 0.6 is 38.6 Å². The summed E-state index contributed by atoms with van der Waals surface area (Å²) in [6.07, 6.45) is 0. The van der Waals surface area contributed by atoms with Crippen molar-refractivity contribution in [1.29, 1.82) is 0 Å². The molecule has 2 heterocycles. The average molecular weight is 322 g/mol. The van der Waals surface area contributed by atoms with E-state index in [4.69, 9.17) is 0 Å². The van der Waals surface area contributed by atoms with Gasteiger partial charge in [0.15, 0.2) is 0 Å². The van der Waals surface area contributed by atoms with E-state index in [-0.39, 0.29) is 0 Å². The van der Waals surface area contributed by atoms with Crippen molar-refractivity contribution in [3.63, 3.8) is 0 Å². The third-order valence-corrected chi connectivity index (χ3v) is 4.79. The van der Waals surface area contributed by atoms with E-state index in [0.717, 1.165) is 20.7 Å². The lowest BCUT2D eigenvalue weighted by atomic mass is 10.2. The molecule has 0 saturated carbocycles. The van der Waals surface area contributed by atoms with E-state index in [1.54, 1.807) is 22.7 Å². The lowest BCUT2D eigenvalue weighted by molar-refractivity contribution is 1.41. The standard InChI is InChI=1S/C13H8BrNS2/c14-10-5-3-9(4-6-10)11-8-17-13(15-11)12-2-1-7-16-12/h1-8H. The Bertz CT molecular complexity index is 611. The highest BCUT2D eigenvalue weighted by Gasteiger charge is 2.06. The fraction of sp³-hybridized carbons (Fsp3) is 0. The molecule has 0 amide bonds. The van der Waals surface area contributed by atoms with Crippen LogP contribution in [0.2, 0.25) is 0 Å². The summed E-state index contributed by atoms with van der Waals surface area (Å²) >= 11 is 6.86. The van der Waals surface area contributed by atoms with Crippen LogP contribution in [0.3, 0.4) is 0 Å². The van der Waals surface area contributed by atoms with Gasteiger partial charge in [0, 0.05) is 15.4 Å². The molecule has 0 unspecified atom stereocenters. The van der Waals surface area contributed by atoms with Gasteiger partial charge in [-0.1, -0.05) is 34.1 Å². The zero-order valence-electron chi connectivity index (χ0n) is 8.76. The zero-order chi connectivity index (χ0) is 11.7. The summed E-state index contributed by atoms with van der Waals surface area (Å²) in [7, 11) is 0. The van der Waals surface area contributed by atoms with E-state index < -0.39 is 0 Å². The Morgan fingerprint density at radius 2 is 1.82 bits per heavy atom. The minimum atomic E-state index is 1.05. The number of benzene rings is 1. The van der Waals surface area contributed by atoms with Crippen molar-refractivity contribution >= 4 is 38.6 Å². The van der Waals surface area contributed by atoms with Gasteiger partial charge in [-0.2, -0.15) is 0 Å². The van der Waals surface area contributed by atoms with Gasteiger partial charge in [0.05, 0.1) is 10.6 Å². The molecule has 1 aromatic carbocycles. The first-order chi connectivity index (χ1) is 8.33. The van der Waals surface area contributed by atoms with Gasteiger partial charge in [-0.15, -0.1) is 22.7 Å². The van der Waals surface area contributed by atoms with E-state index in [9.17, 15) is 0 Å². The largest absolute Gasteiger partial charge is 0.235 e. The molecule has 3 aromatic rings. The van der Waals surface area contributed by atoms with Crippen LogP contribution in [-0.2, 0) is 0 Å². The number of thiophene rings is 1. The Kier molecular flexibility index (Phi) is 3.09. The summed E-state index contributed by atoms with van der Waals surface area (Å²) in [5, 5.41) is 5.28. The van der Waals surface area contributed by atoms with E-state index in [0.29, 0.717) is 0 Å². The van der Waals surface area contributed by atoms with Gasteiger partial charge in [-0.25, -0.2) is 4.98 Å². The van der Waals surface area contributed by atoms with Gasteiger partial charge in [-0.05, 0) is 23.6 Å². The first-order valence-corrected chi connectivity index (χ1v) is 7.63. The predicted molar refractivity (Wildman–Crippen MR) is 78.6 cm³/mol. The fourth-order valence-electron chi connectivity index (χ4n) is 1.54. The Balaban J connectivity index is 1.98.